The van der Waals surface area contributed by atoms with Gasteiger partial charge in [0.15, 0.2) is 0 Å². The first-order valence-corrected chi connectivity index (χ1v) is 12.2. The molecule has 1 aromatic heterocycles. The Morgan fingerprint density at radius 2 is 2.11 bits per heavy atom. The lowest BCUT2D eigenvalue weighted by Gasteiger charge is -2.37. The normalized spacial score (nSPS) is 18.9. The fourth-order valence-electron chi connectivity index (χ4n) is 5.02. The number of aromatic nitrogens is 1. The summed E-state index contributed by atoms with van der Waals surface area (Å²) in [6, 6.07) is 13.3. The van der Waals surface area contributed by atoms with Crippen LogP contribution in [0.1, 0.15) is 43.0 Å². The van der Waals surface area contributed by atoms with Crippen molar-refractivity contribution in [3.8, 4) is 17.6 Å². The lowest BCUT2D eigenvalue weighted by Crippen LogP contribution is -2.41. The van der Waals surface area contributed by atoms with Gasteiger partial charge in [-0.2, -0.15) is 0 Å². The van der Waals surface area contributed by atoms with Crippen LogP contribution in [-0.2, 0) is 4.79 Å². The van der Waals surface area contributed by atoms with Crippen LogP contribution in [0.5, 0.6) is 5.75 Å². The third-order valence-electron chi connectivity index (χ3n) is 6.88. The Hall–Kier alpha value is -3.50. The zero-order valence-corrected chi connectivity index (χ0v) is 20.3. The molecule has 3 atom stereocenters. The molecule has 0 saturated carbocycles. The fraction of sp³-hybridized carbons (Fsp3) is 0.379. The number of alkyl halides is 1. The molecule has 2 heterocycles. The van der Waals surface area contributed by atoms with Crippen LogP contribution in [0.4, 0.5) is 8.78 Å². The van der Waals surface area contributed by atoms with E-state index in [1.165, 1.54) is 12.1 Å². The highest BCUT2D eigenvalue weighted by atomic mass is 19.1. The Morgan fingerprint density at radius 3 is 2.89 bits per heavy atom. The summed E-state index contributed by atoms with van der Waals surface area (Å²) in [7, 11) is 1.58. The highest BCUT2D eigenvalue weighted by Gasteiger charge is 2.31. The number of likely N-dealkylation sites (tertiary alicyclic amines) is 1. The molecule has 36 heavy (non-hydrogen) atoms. The van der Waals surface area contributed by atoms with Crippen LogP contribution in [-0.4, -0.2) is 47.7 Å². The van der Waals surface area contributed by atoms with Crippen molar-refractivity contribution in [2.45, 2.75) is 31.9 Å². The molecule has 188 valence electrons. The molecule has 1 fully saturated rings. The number of ether oxygens (including phenoxy) is 1. The van der Waals surface area contributed by atoms with E-state index in [2.05, 4.69) is 21.7 Å². The number of fused-ring (bicyclic) bond motifs is 1. The molecule has 1 aliphatic heterocycles. The Labute approximate surface area is 210 Å². The van der Waals surface area contributed by atoms with E-state index >= 15 is 4.39 Å². The third-order valence-corrected chi connectivity index (χ3v) is 6.88. The molecular weight excluding hydrogens is 462 g/mol. The van der Waals surface area contributed by atoms with Crippen molar-refractivity contribution in [1.82, 2.24) is 9.88 Å². The molecule has 2 aromatic carbocycles. The first-order chi connectivity index (χ1) is 17.4. The van der Waals surface area contributed by atoms with E-state index in [1.807, 2.05) is 6.07 Å². The molecule has 5 nitrogen and oxygen atoms in total. The number of hydrogen-bond acceptors (Lipinski definition) is 4. The molecule has 0 unspecified atom stereocenters. The fourth-order valence-corrected chi connectivity index (χ4v) is 5.02. The number of methoxy groups -OCH3 is 1. The topological polar surface area (TPSA) is 62.7 Å². The van der Waals surface area contributed by atoms with E-state index in [4.69, 9.17) is 4.74 Å². The molecular formula is C29H30F2N2O3. The molecule has 0 bridgehead atoms. The number of benzene rings is 2. The van der Waals surface area contributed by atoms with Gasteiger partial charge in [0.05, 0.1) is 19.2 Å². The Morgan fingerprint density at radius 1 is 1.25 bits per heavy atom. The number of hydrogen-bond donors (Lipinski definition) is 1. The quantitative estimate of drug-likeness (QED) is 0.413. The zero-order valence-electron chi connectivity index (χ0n) is 20.3. The van der Waals surface area contributed by atoms with Crippen molar-refractivity contribution in [1.29, 1.82) is 0 Å². The lowest BCUT2D eigenvalue weighted by molar-refractivity contribution is -0.139. The van der Waals surface area contributed by atoms with Gasteiger partial charge in [0, 0.05) is 30.1 Å². The summed E-state index contributed by atoms with van der Waals surface area (Å²) < 4.78 is 34.1. The van der Waals surface area contributed by atoms with Crippen LogP contribution in [0.2, 0.25) is 0 Å². The summed E-state index contributed by atoms with van der Waals surface area (Å²) in [5.41, 5.74) is 1.91. The molecule has 1 N–H and O–H groups in total. The van der Waals surface area contributed by atoms with E-state index in [-0.39, 0.29) is 24.1 Å². The van der Waals surface area contributed by atoms with Gasteiger partial charge in [-0.3, -0.25) is 14.7 Å². The summed E-state index contributed by atoms with van der Waals surface area (Å²) in [6.45, 7) is 1.85. The molecule has 1 aliphatic rings. The van der Waals surface area contributed by atoms with E-state index in [0.29, 0.717) is 48.3 Å². The minimum atomic E-state index is -1.18. The maximum Gasteiger partial charge on any atom is 0.303 e. The monoisotopic (exact) mass is 492 g/mol. The number of carboxylic acids is 1. The predicted octanol–water partition coefficient (Wildman–Crippen LogP) is 5.64. The minimum absolute atomic E-state index is 0.0465. The van der Waals surface area contributed by atoms with Crippen molar-refractivity contribution in [2.75, 3.05) is 26.7 Å². The maximum atomic E-state index is 15.4. The first kappa shape index (κ1) is 25.6. The standard InChI is InChI=1S/C29H30F2N2O3/c1-36-24-8-10-28-26(18-24)25(11-13-32-28)27(31)9-7-21-12-15-33(19-22(21)17-29(34)35)14-3-5-20-4-2-6-23(30)16-20/h2,4,6,8,10-11,13,16,18,21-22,27H,7,9,12,14-15,17,19H2,1H3,(H,34,35)/t21-,22+,27+/m1/s1. The summed E-state index contributed by atoms with van der Waals surface area (Å²) in [4.78, 5) is 18.0. The van der Waals surface area contributed by atoms with Crippen LogP contribution < -0.4 is 4.74 Å². The van der Waals surface area contributed by atoms with Gasteiger partial charge in [0.2, 0.25) is 0 Å². The van der Waals surface area contributed by atoms with Crippen LogP contribution in [0, 0.1) is 29.5 Å². The molecule has 0 amide bonds. The van der Waals surface area contributed by atoms with Gasteiger partial charge in [0.25, 0.3) is 0 Å². The molecule has 7 heteroatoms. The average molecular weight is 493 g/mol. The van der Waals surface area contributed by atoms with Crippen LogP contribution in [0.15, 0.2) is 54.7 Å². The molecule has 3 aromatic rings. The number of aliphatic carboxylic acids is 1. The Kier molecular flexibility index (Phi) is 8.50. The number of carboxylic acid groups (broad SMARTS) is 1. The number of nitrogens with zero attached hydrogens (tertiary/aromatic N) is 2. The highest BCUT2D eigenvalue weighted by molar-refractivity contribution is 5.83. The van der Waals surface area contributed by atoms with Gasteiger partial charge in [-0.25, -0.2) is 8.78 Å². The van der Waals surface area contributed by atoms with E-state index < -0.39 is 12.1 Å². The van der Waals surface area contributed by atoms with Crippen molar-refractivity contribution in [3.05, 3.63) is 71.7 Å². The van der Waals surface area contributed by atoms with Gasteiger partial charge >= 0.3 is 5.97 Å². The number of carbonyl (C=O) groups is 1. The highest BCUT2D eigenvalue weighted by Crippen LogP contribution is 2.36. The van der Waals surface area contributed by atoms with E-state index in [9.17, 15) is 14.3 Å². The minimum Gasteiger partial charge on any atom is -0.497 e. The van der Waals surface area contributed by atoms with E-state index in [1.54, 1.807) is 43.6 Å². The second-order valence-corrected chi connectivity index (χ2v) is 9.28. The number of piperidine rings is 1. The zero-order chi connectivity index (χ0) is 25.5. The predicted molar refractivity (Wildman–Crippen MR) is 135 cm³/mol. The second kappa shape index (κ2) is 12.0. The van der Waals surface area contributed by atoms with Gasteiger partial charge in [-0.1, -0.05) is 17.9 Å². The van der Waals surface area contributed by atoms with Crippen molar-refractivity contribution in [3.63, 3.8) is 0 Å². The van der Waals surface area contributed by atoms with Gasteiger partial charge in [-0.15, -0.1) is 0 Å². The van der Waals surface area contributed by atoms with Gasteiger partial charge in [0.1, 0.15) is 17.7 Å². The average Bonchev–Trinajstić information content (AvgIpc) is 2.87. The second-order valence-electron chi connectivity index (χ2n) is 9.28. The van der Waals surface area contributed by atoms with Crippen molar-refractivity contribution in [2.24, 2.45) is 11.8 Å². The number of halogens is 2. The van der Waals surface area contributed by atoms with Gasteiger partial charge < -0.3 is 9.84 Å². The van der Waals surface area contributed by atoms with Crippen molar-refractivity contribution >= 4 is 16.9 Å². The summed E-state index contributed by atoms with van der Waals surface area (Å²) in [6.07, 6.45) is 2.20. The van der Waals surface area contributed by atoms with Crippen LogP contribution >= 0.6 is 0 Å². The summed E-state index contributed by atoms with van der Waals surface area (Å²) in [5, 5.41) is 10.2. The number of rotatable bonds is 8. The molecule has 0 aliphatic carbocycles. The third kappa shape index (κ3) is 6.58. The van der Waals surface area contributed by atoms with Crippen LogP contribution in [0.25, 0.3) is 10.9 Å². The SMILES string of the molecule is COc1ccc2nccc([C@@H](F)CC[C@@H]3CCN(CC#Cc4cccc(F)c4)C[C@@H]3CC(=O)O)c2c1. The molecule has 0 radical (unpaired) electrons. The smallest absolute Gasteiger partial charge is 0.303 e. The van der Waals surface area contributed by atoms with Crippen LogP contribution in [0.3, 0.4) is 0 Å². The summed E-state index contributed by atoms with van der Waals surface area (Å²) in [5.74, 6) is 5.57. The Balaban J connectivity index is 1.39. The van der Waals surface area contributed by atoms with Crippen molar-refractivity contribution < 1.29 is 23.4 Å². The van der Waals surface area contributed by atoms with E-state index in [0.717, 1.165) is 18.4 Å². The molecule has 0 spiro atoms. The first-order valence-electron chi connectivity index (χ1n) is 12.2. The largest absolute Gasteiger partial charge is 0.497 e. The lowest BCUT2D eigenvalue weighted by atomic mass is 9.79. The maximum absolute atomic E-state index is 15.4. The Bertz CT molecular complexity index is 1270. The van der Waals surface area contributed by atoms with Gasteiger partial charge in [-0.05, 0) is 85.7 Å². The molecule has 1 saturated heterocycles. The summed E-state index contributed by atoms with van der Waals surface area (Å²) >= 11 is 0. The molecule has 4 rings (SSSR count). The number of pyridine rings is 1.